The van der Waals surface area contributed by atoms with Crippen molar-refractivity contribution in [3.05, 3.63) is 59.7 Å². The van der Waals surface area contributed by atoms with Gasteiger partial charge in [-0.05, 0) is 48.9 Å². The van der Waals surface area contributed by atoms with Gasteiger partial charge in [0.1, 0.15) is 0 Å². The second-order valence-corrected chi connectivity index (χ2v) is 9.17. The predicted molar refractivity (Wildman–Crippen MR) is 110 cm³/mol. The first-order chi connectivity index (χ1) is 12.9. The minimum atomic E-state index is -3.28. The zero-order valence-corrected chi connectivity index (χ0v) is 16.6. The molecular weight excluding hydrogens is 360 g/mol. The van der Waals surface area contributed by atoms with Crippen LogP contribution >= 0.6 is 0 Å². The number of carbonyl (C=O) groups is 1. The summed E-state index contributed by atoms with van der Waals surface area (Å²) in [4.78, 5) is 12.5. The van der Waals surface area contributed by atoms with E-state index in [4.69, 9.17) is 0 Å². The fraction of sp³-hybridized carbons (Fsp3) is 0.381. The summed E-state index contributed by atoms with van der Waals surface area (Å²) in [5, 5.41) is 2.92. The molecule has 0 aromatic heterocycles. The third-order valence-electron chi connectivity index (χ3n) is 4.97. The molecule has 1 atom stereocenters. The number of sulfonamides is 1. The van der Waals surface area contributed by atoms with Crippen LogP contribution in [0.5, 0.6) is 0 Å². The molecule has 0 saturated carbocycles. The largest absolute Gasteiger partial charge is 0.326 e. The average Bonchev–Trinajstić information content (AvgIpc) is 2.64. The number of nitrogens with one attached hydrogen (secondary N) is 1. The monoisotopic (exact) mass is 386 g/mol. The molecule has 0 radical (unpaired) electrons. The highest BCUT2D eigenvalue weighted by Gasteiger charge is 2.27. The van der Waals surface area contributed by atoms with Crippen molar-refractivity contribution in [2.75, 3.05) is 21.9 Å². The van der Waals surface area contributed by atoms with Crippen molar-refractivity contribution in [1.29, 1.82) is 0 Å². The van der Waals surface area contributed by atoms with E-state index < -0.39 is 10.0 Å². The summed E-state index contributed by atoms with van der Waals surface area (Å²) >= 11 is 0. The van der Waals surface area contributed by atoms with Gasteiger partial charge in [0.15, 0.2) is 0 Å². The highest BCUT2D eigenvalue weighted by molar-refractivity contribution is 7.92. The van der Waals surface area contributed by atoms with Gasteiger partial charge in [0.2, 0.25) is 15.9 Å². The third-order valence-corrected chi connectivity index (χ3v) is 6.83. The van der Waals surface area contributed by atoms with E-state index in [0.717, 1.165) is 17.5 Å². The van der Waals surface area contributed by atoms with Crippen LogP contribution < -0.4 is 9.62 Å². The molecular formula is C21H26N2O3S. The molecule has 0 aliphatic carbocycles. The van der Waals surface area contributed by atoms with E-state index in [1.165, 1.54) is 4.31 Å². The number of carbonyl (C=O) groups excluding carboxylic acids is 1. The Morgan fingerprint density at radius 2 is 1.89 bits per heavy atom. The van der Waals surface area contributed by atoms with Gasteiger partial charge in [-0.15, -0.1) is 0 Å². The lowest BCUT2D eigenvalue weighted by molar-refractivity contribution is -0.116. The zero-order valence-electron chi connectivity index (χ0n) is 15.8. The molecule has 5 nitrogen and oxygen atoms in total. The minimum Gasteiger partial charge on any atom is -0.326 e. The van der Waals surface area contributed by atoms with Crippen LogP contribution in [0.2, 0.25) is 0 Å². The van der Waals surface area contributed by atoms with Crippen LogP contribution in [0.4, 0.5) is 11.4 Å². The molecule has 1 unspecified atom stereocenters. The number of rotatable bonds is 5. The Morgan fingerprint density at radius 1 is 1.15 bits per heavy atom. The quantitative estimate of drug-likeness (QED) is 0.843. The summed E-state index contributed by atoms with van der Waals surface area (Å²) < 4.78 is 26.3. The molecule has 1 aliphatic heterocycles. The lowest BCUT2D eigenvalue weighted by Gasteiger charge is -2.29. The van der Waals surface area contributed by atoms with Crippen molar-refractivity contribution < 1.29 is 13.2 Å². The lowest BCUT2D eigenvalue weighted by Crippen LogP contribution is -2.38. The summed E-state index contributed by atoms with van der Waals surface area (Å²) in [7, 11) is -3.28. The summed E-state index contributed by atoms with van der Waals surface area (Å²) in [6.07, 6.45) is 1.92. The third kappa shape index (κ3) is 4.69. The van der Waals surface area contributed by atoms with Crippen LogP contribution in [-0.2, 0) is 14.8 Å². The molecule has 3 rings (SSSR count). The Hall–Kier alpha value is -2.34. The lowest BCUT2D eigenvalue weighted by atomic mass is 9.97. The smallest absolute Gasteiger partial charge is 0.235 e. The molecule has 0 spiro atoms. The minimum absolute atomic E-state index is 0.0809. The highest BCUT2D eigenvalue weighted by atomic mass is 32.2. The fourth-order valence-corrected chi connectivity index (χ4v) is 5.10. The summed E-state index contributed by atoms with van der Waals surface area (Å²) in [6, 6.07) is 15.4. The molecule has 0 bridgehead atoms. The Labute approximate surface area is 161 Å². The molecule has 6 heteroatoms. The maximum Gasteiger partial charge on any atom is 0.235 e. The summed E-state index contributed by atoms with van der Waals surface area (Å²) in [5.41, 5.74) is 3.29. The van der Waals surface area contributed by atoms with E-state index in [0.29, 0.717) is 30.8 Å². The van der Waals surface area contributed by atoms with E-state index in [1.807, 2.05) is 56.3 Å². The summed E-state index contributed by atoms with van der Waals surface area (Å²) in [5.74, 6) is 0.207. The standard InChI is InChI=1S/C21H26N2O3S/c1-16-10-11-19(15-20(16)23-12-6-7-13-27(23,25)26)22-21(24)14-17(2)18-8-4-3-5-9-18/h3-5,8-11,15,17H,6-7,12-14H2,1-2H3,(H,22,24). The average molecular weight is 387 g/mol. The number of benzene rings is 2. The molecule has 144 valence electrons. The molecule has 2 aromatic carbocycles. The highest BCUT2D eigenvalue weighted by Crippen LogP contribution is 2.30. The van der Waals surface area contributed by atoms with Gasteiger partial charge in [-0.1, -0.05) is 43.3 Å². The first-order valence-electron chi connectivity index (χ1n) is 9.33. The molecule has 1 saturated heterocycles. The zero-order chi connectivity index (χ0) is 19.4. The Kier molecular flexibility index (Phi) is 5.85. The van der Waals surface area contributed by atoms with Gasteiger partial charge in [0, 0.05) is 18.7 Å². The summed E-state index contributed by atoms with van der Waals surface area (Å²) in [6.45, 7) is 4.41. The van der Waals surface area contributed by atoms with E-state index in [-0.39, 0.29) is 17.6 Å². The van der Waals surface area contributed by atoms with Crippen LogP contribution in [0.1, 0.15) is 43.2 Å². The van der Waals surface area contributed by atoms with Crippen molar-refractivity contribution in [2.45, 2.75) is 39.0 Å². The number of anilines is 2. The topological polar surface area (TPSA) is 66.5 Å². The number of amides is 1. The van der Waals surface area contributed by atoms with Crippen molar-refractivity contribution in [2.24, 2.45) is 0 Å². The van der Waals surface area contributed by atoms with E-state index >= 15 is 0 Å². The molecule has 1 amide bonds. The van der Waals surface area contributed by atoms with Crippen LogP contribution in [0, 0.1) is 6.92 Å². The van der Waals surface area contributed by atoms with Crippen molar-refractivity contribution in [1.82, 2.24) is 0 Å². The van der Waals surface area contributed by atoms with Gasteiger partial charge >= 0.3 is 0 Å². The molecule has 1 fully saturated rings. The number of hydrogen-bond acceptors (Lipinski definition) is 3. The molecule has 1 aliphatic rings. The van der Waals surface area contributed by atoms with Crippen LogP contribution in [0.25, 0.3) is 0 Å². The first kappa shape index (κ1) is 19.4. The van der Waals surface area contributed by atoms with Crippen LogP contribution in [0.15, 0.2) is 48.5 Å². The number of hydrogen-bond donors (Lipinski definition) is 1. The number of nitrogens with zero attached hydrogens (tertiary/aromatic N) is 1. The molecule has 1 N–H and O–H groups in total. The maximum absolute atomic E-state index is 12.5. The van der Waals surface area contributed by atoms with E-state index in [9.17, 15) is 13.2 Å². The van der Waals surface area contributed by atoms with Crippen molar-refractivity contribution >= 4 is 27.3 Å². The van der Waals surface area contributed by atoms with Crippen LogP contribution in [0.3, 0.4) is 0 Å². The first-order valence-corrected chi connectivity index (χ1v) is 10.9. The van der Waals surface area contributed by atoms with Crippen LogP contribution in [-0.4, -0.2) is 26.6 Å². The van der Waals surface area contributed by atoms with Gasteiger partial charge in [-0.3, -0.25) is 9.10 Å². The maximum atomic E-state index is 12.5. The van der Waals surface area contributed by atoms with Gasteiger partial charge in [0.05, 0.1) is 11.4 Å². The van der Waals surface area contributed by atoms with Gasteiger partial charge in [-0.2, -0.15) is 0 Å². The molecule has 1 heterocycles. The van der Waals surface area contributed by atoms with Gasteiger partial charge in [0.25, 0.3) is 0 Å². The van der Waals surface area contributed by atoms with Gasteiger partial charge in [-0.25, -0.2) is 8.42 Å². The molecule has 27 heavy (non-hydrogen) atoms. The Bertz CT molecular complexity index is 910. The Morgan fingerprint density at radius 3 is 2.59 bits per heavy atom. The normalized spacial score (nSPS) is 17.3. The Balaban J connectivity index is 1.73. The van der Waals surface area contributed by atoms with Gasteiger partial charge < -0.3 is 5.32 Å². The van der Waals surface area contributed by atoms with Crippen molar-refractivity contribution in [3.8, 4) is 0 Å². The number of aryl methyl sites for hydroxylation is 1. The van der Waals surface area contributed by atoms with E-state index in [2.05, 4.69) is 5.32 Å². The van der Waals surface area contributed by atoms with Crippen molar-refractivity contribution in [3.63, 3.8) is 0 Å². The van der Waals surface area contributed by atoms with E-state index in [1.54, 1.807) is 6.07 Å². The second-order valence-electron chi connectivity index (χ2n) is 7.16. The fourth-order valence-electron chi connectivity index (χ4n) is 3.40. The SMILES string of the molecule is Cc1ccc(NC(=O)CC(C)c2ccccc2)cc1N1CCCCS1(=O)=O. The molecule has 2 aromatic rings. The second kappa shape index (κ2) is 8.13. The predicted octanol–water partition coefficient (Wildman–Crippen LogP) is 4.06.